The van der Waals surface area contributed by atoms with E-state index in [2.05, 4.69) is 27.2 Å². The number of morpholine rings is 1. The summed E-state index contributed by atoms with van der Waals surface area (Å²) in [6.07, 6.45) is -8.94. The molecule has 3 N–H and O–H groups in total. The fraction of sp³-hybridized carbons (Fsp3) is 0.444. The van der Waals surface area contributed by atoms with Crippen LogP contribution in [-0.2, 0) is 38.7 Å². The van der Waals surface area contributed by atoms with Crippen molar-refractivity contribution in [1.29, 1.82) is 0 Å². The molecule has 2 aliphatic rings. The van der Waals surface area contributed by atoms with E-state index < -0.39 is 119 Å². The zero-order valence-corrected chi connectivity index (χ0v) is 40.3. The molecule has 4 aromatic rings. The largest absolute Gasteiger partial charge is 0.593 e. The number of amides is 2. The number of fused-ring (bicyclic) bond motifs is 1. The van der Waals surface area contributed by atoms with Crippen LogP contribution in [0.5, 0.6) is 0 Å². The number of nitrogens with one attached hydrogen (secondary N) is 1. The second-order valence-electron chi connectivity index (χ2n) is 16.9. The zero-order valence-electron chi connectivity index (χ0n) is 37.9. The van der Waals surface area contributed by atoms with Crippen LogP contribution < -0.4 is 15.4 Å². The van der Waals surface area contributed by atoms with Crippen LogP contribution in [-0.4, -0.2) is 117 Å². The SMILES string of the molecule is CSC(C)(C)C#Cc1ccc(-c2ccc(Cl)c3c(N(C(=O)CN4CCOCC4)[S+](C)[O-])nn(CC(F)(F)F)c23)c(C(Cc2cc(F)cc(F)c2)NC(=O)CN=C2C(=C(N)C(F)(F)F)[C@@H](C)CC2(F)F)n1. The number of aromatic nitrogens is 3. The third kappa shape index (κ3) is 12.9. The maximum atomic E-state index is 15.3. The van der Waals surface area contributed by atoms with Crippen molar-refractivity contribution in [2.45, 2.75) is 69.2 Å². The molecule has 0 bridgehead atoms. The molecule has 1 aliphatic heterocycles. The highest BCUT2D eigenvalue weighted by atomic mass is 35.5. The van der Waals surface area contributed by atoms with Gasteiger partial charge in [-0.25, -0.2) is 13.8 Å². The van der Waals surface area contributed by atoms with Crippen LogP contribution in [0.15, 0.2) is 58.7 Å². The van der Waals surface area contributed by atoms with Gasteiger partial charge in [-0.15, -0.1) is 21.2 Å². The van der Waals surface area contributed by atoms with Gasteiger partial charge in [0.15, 0.2) is 0 Å². The summed E-state index contributed by atoms with van der Waals surface area (Å²) in [6, 6.07) is 6.08. The monoisotopic (exact) mass is 1050 g/mol. The minimum atomic E-state index is -5.23. The van der Waals surface area contributed by atoms with E-state index in [0.717, 1.165) is 25.3 Å². The zero-order chi connectivity index (χ0) is 51.7. The standard InChI is InChI=1S/C45H45ClF10N8O4S2/c1-24-20-43(49,50)40(35(24)39(57)45(54,55)56)58-21-33(65)60-32(18-25-16-26(47)19-27(48)17-25)37-29(7-6-28(59-37)10-11-42(2,3)69-4)30-8-9-31(46)36-38(30)63(23-44(51,52)53)61-41(36)64(70(5)67)34(66)22-62-12-14-68-15-13-62/h6-9,16-17,19,24,32H,12-15,18,20-23,57H2,1-5H3,(H,60,65)/t24-,32?,70?/m0/s1. The molecule has 2 amide bonds. The third-order valence-electron chi connectivity index (χ3n) is 11.2. The molecule has 3 heterocycles. The van der Waals surface area contributed by atoms with Gasteiger partial charge in [-0.1, -0.05) is 30.5 Å². The summed E-state index contributed by atoms with van der Waals surface area (Å²) >= 11 is 5.88. The molecule has 70 heavy (non-hydrogen) atoms. The van der Waals surface area contributed by atoms with Crippen LogP contribution in [0.1, 0.15) is 50.2 Å². The smallest absolute Gasteiger partial charge is 0.431 e. The molecule has 1 aliphatic carbocycles. The Bertz CT molecular complexity index is 2750. The Hall–Kier alpha value is -5.06. The molecule has 2 fully saturated rings. The van der Waals surface area contributed by atoms with Gasteiger partial charge >= 0.3 is 12.4 Å². The summed E-state index contributed by atoms with van der Waals surface area (Å²) in [5, 5.41) is 6.22. The van der Waals surface area contributed by atoms with Crippen molar-refractivity contribution in [3.05, 3.63) is 87.3 Å². The lowest BCUT2D eigenvalue weighted by Crippen LogP contribution is -2.46. The Kier molecular flexibility index (Phi) is 16.5. The molecular weight excluding hydrogens is 1010 g/mol. The van der Waals surface area contributed by atoms with E-state index in [9.17, 15) is 49.3 Å². The minimum absolute atomic E-state index is 0.0127. The van der Waals surface area contributed by atoms with Crippen molar-refractivity contribution in [2.75, 3.05) is 56.2 Å². The van der Waals surface area contributed by atoms with Crippen LogP contribution in [0.3, 0.4) is 0 Å². The number of carbonyl (C=O) groups excluding carboxylic acids is 2. The second kappa shape index (κ2) is 21.3. The molecule has 0 radical (unpaired) electrons. The molecule has 378 valence electrons. The van der Waals surface area contributed by atoms with Crippen molar-refractivity contribution < 1.29 is 62.8 Å². The van der Waals surface area contributed by atoms with Crippen LogP contribution in [0, 0.1) is 29.4 Å². The van der Waals surface area contributed by atoms with Gasteiger partial charge in [0.2, 0.25) is 11.7 Å². The average molecular weight is 1050 g/mol. The molecule has 12 nitrogen and oxygen atoms in total. The van der Waals surface area contributed by atoms with Crippen molar-refractivity contribution in [2.24, 2.45) is 16.6 Å². The van der Waals surface area contributed by atoms with Crippen LogP contribution >= 0.6 is 23.4 Å². The normalized spacial score (nSPS) is 18.9. The number of ether oxygens (including phenoxy) is 1. The first kappa shape index (κ1) is 54.3. The molecule has 2 unspecified atom stereocenters. The van der Waals surface area contributed by atoms with Crippen molar-refractivity contribution >= 4 is 69.0 Å². The number of benzene rings is 2. The highest BCUT2D eigenvalue weighted by Crippen LogP contribution is 2.45. The number of hydrogen-bond acceptors (Lipinski definition) is 10. The number of halogens is 11. The predicted molar refractivity (Wildman–Crippen MR) is 247 cm³/mol. The van der Waals surface area contributed by atoms with E-state index >= 15 is 8.78 Å². The maximum Gasteiger partial charge on any atom is 0.431 e. The van der Waals surface area contributed by atoms with Gasteiger partial charge in [-0.2, -0.15) is 35.1 Å². The third-order valence-corrected chi connectivity index (χ3v) is 13.5. The highest BCUT2D eigenvalue weighted by molar-refractivity contribution is 8.00. The van der Waals surface area contributed by atoms with Gasteiger partial charge < -0.3 is 20.3 Å². The van der Waals surface area contributed by atoms with Gasteiger partial charge in [0, 0.05) is 42.3 Å². The number of alkyl halides is 8. The molecule has 25 heteroatoms. The van der Waals surface area contributed by atoms with E-state index in [0.29, 0.717) is 28.1 Å². The first-order chi connectivity index (χ1) is 32.6. The molecule has 0 spiro atoms. The molecule has 6 rings (SSSR count). The van der Waals surface area contributed by atoms with Gasteiger partial charge in [0.05, 0.1) is 63.5 Å². The lowest BCUT2D eigenvalue weighted by Gasteiger charge is -2.28. The lowest BCUT2D eigenvalue weighted by atomic mass is 9.93. The van der Waals surface area contributed by atoms with Crippen LogP contribution in [0.25, 0.3) is 22.0 Å². The first-order valence-corrected chi connectivity index (χ1v) is 24.3. The number of rotatable bonds is 13. The Morgan fingerprint density at radius 3 is 2.33 bits per heavy atom. The maximum absolute atomic E-state index is 15.3. The number of pyridine rings is 1. The Balaban J connectivity index is 1.59. The number of thioether (sulfide) groups is 1. The average Bonchev–Trinajstić information content (AvgIpc) is 3.72. The van der Waals surface area contributed by atoms with E-state index in [-0.39, 0.29) is 63.8 Å². The van der Waals surface area contributed by atoms with E-state index in [1.807, 2.05) is 0 Å². The minimum Gasteiger partial charge on any atom is -0.593 e. The van der Waals surface area contributed by atoms with Crippen LogP contribution in [0.4, 0.5) is 49.7 Å². The van der Waals surface area contributed by atoms with Gasteiger partial charge in [-0.3, -0.25) is 24.2 Å². The number of aliphatic imine (C=N–C) groups is 1. The molecule has 2 aromatic heterocycles. The molecule has 1 saturated carbocycles. The Labute approximate surface area is 407 Å². The first-order valence-electron chi connectivity index (χ1n) is 21.2. The highest BCUT2D eigenvalue weighted by Gasteiger charge is 2.52. The number of nitrogens with zero attached hydrogens (tertiary/aromatic N) is 6. The fourth-order valence-corrected chi connectivity index (χ4v) is 9.04. The number of nitrogens with two attached hydrogens (primary N) is 1. The Morgan fingerprint density at radius 2 is 1.73 bits per heavy atom. The number of carbonyl (C=O) groups is 2. The number of anilines is 1. The van der Waals surface area contributed by atoms with Crippen molar-refractivity contribution in [3.8, 4) is 23.0 Å². The summed E-state index contributed by atoms with van der Waals surface area (Å²) in [6.45, 7) is 2.54. The lowest BCUT2D eigenvalue weighted by molar-refractivity contribution is -0.141. The molecule has 3 atom stereocenters. The van der Waals surface area contributed by atoms with E-state index in [1.165, 1.54) is 36.0 Å². The number of allylic oxidation sites excluding steroid dienone is 2. The number of hydrogen-bond donors (Lipinski definition) is 2. The fourth-order valence-electron chi connectivity index (χ4n) is 7.94. The summed E-state index contributed by atoms with van der Waals surface area (Å²) in [5.41, 5.74) is 0.185. The van der Waals surface area contributed by atoms with Crippen molar-refractivity contribution in [1.82, 2.24) is 25.0 Å². The molecule has 2 aromatic carbocycles. The van der Waals surface area contributed by atoms with Crippen LogP contribution in [0.2, 0.25) is 5.02 Å². The summed E-state index contributed by atoms with van der Waals surface area (Å²) in [5.74, 6) is -4.05. The Morgan fingerprint density at radius 1 is 1.09 bits per heavy atom. The predicted octanol–water partition coefficient (Wildman–Crippen LogP) is 8.34. The topological polar surface area (TPSA) is 154 Å². The summed E-state index contributed by atoms with van der Waals surface area (Å²) < 4.78 is 164. The summed E-state index contributed by atoms with van der Waals surface area (Å²) in [4.78, 5) is 37.9. The van der Waals surface area contributed by atoms with Gasteiger partial charge in [0.1, 0.15) is 48.1 Å². The molecule has 1 saturated heterocycles. The quantitative estimate of drug-likeness (QED) is 0.0765. The van der Waals surface area contributed by atoms with E-state index in [1.54, 1.807) is 25.0 Å². The van der Waals surface area contributed by atoms with Crippen molar-refractivity contribution in [3.63, 3.8) is 0 Å². The van der Waals surface area contributed by atoms with E-state index in [4.69, 9.17) is 27.1 Å². The summed E-state index contributed by atoms with van der Waals surface area (Å²) in [7, 11) is 0. The van der Waals surface area contributed by atoms with Gasteiger partial charge in [-0.05, 0) is 74.3 Å². The second-order valence-corrected chi connectivity index (χ2v) is 20.0. The van der Waals surface area contributed by atoms with Gasteiger partial charge in [0.25, 0.3) is 11.8 Å². The molecular formula is C45H45ClF10N8O4S2.